The van der Waals surface area contributed by atoms with Crippen LogP contribution in [0.3, 0.4) is 0 Å². The monoisotopic (exact) mass is 414 g/mol. The number of esters is 1. The lowest BCUT2D eigenvalue weighted by molar-refractivity contribution is 0.0378. The van der Waals surface area contributed by atoms with E-state index in [2.05, 4.69) is 16.9 Å². The highest BCUT2D eigenvalue weighted by Crippen LogP contribution is 2.17. The maximum atomic E-state index is 12.1. The number of hydrogen-bond donors (Lipinski definition) is 1. The van der Waals surface area contributed by atoms with Gasteiger partial charge in [-0.15, -0.1) is 0 Å². The molecule has 0 saturated heterocycles. The lowest BCUT2D eigenvalue weighted by Gasteiger charge is -2.07. The summed E-state index contributed by atoms with van der Waals surface area (Å²) in [6, 6.07) is 5.54. The van der Waals surface area contributed by atoms with Gasteiger partial charge in [0.2, 0.25) is 0 Å². The summed E-state index contributed by atoms with van der Waals surface area (Å²) in [5, 5.41) is 0. The van der Waals surface area contributed by atoms with Crippen molar-refractivity contribution in [2.75, 3.05) is 0 Å². The molecular formula is C26H42N2O2. The number of carbonyl (C=O) groups is 1. The molecule has 168 valence electrons. The minimum atomic E-state index is -0.278. The fourth-order valence-electron chi connectivity index (χ4n) is 3.90. The summed E-state index contributed by atoms with van der Waals surface area (Å²) < 4.78 is 5.27. The predicted molar refractivity (Wildman–Crippen MR) is 126 cm³/mol. The first-order chi connectivity index (χ1) is 14.6. The summed E-state index contributed by atoms with van der Waals surface area (Å²) in [5.74, 6) is 0.738. The number of aromatic nitrogens is 2. The number of rotatable bonds is 16. The van der Waals surface area contributed by atoms with Crippen molar-refractivity contribution in [2.45, 2.75) is 117 Å². The molecule has 2 aromatic rings. The first-order valence-corrected chi connectivity index (χ1v) is 12.3. The summed E-state index contributed by atoms with van der Waals surface area (Å²) in [6.45, 7) is 6.00. The fraction of sp³-hybridized carbons (Fsp3) is 0.692. The quantitative estimate of drug-likeness (QED) is 0.225. The Bertz CT molecular complexity index is 736. The van der Waals surface area contributed by atoms with E-state index in [0.717, 1.165) is 23.3 Å². The number of nitrogens with one attached hydrogen (secondary N) is 1. The Morgan fingerprint density at radius 2 is 1.47 bits per heavy atom. The highest BCUT2D eigenvalue weighted by atomic mass is 16.5. The van der Waals surface area contributed by atoms with E-state index in [0.29, 0.717) is 5.56 Å². The number of aryl methyl sites for hydroxylation is 1. The molecule has 0 aliphatic carbocycles. The van der Waals surface area contributed by atoms with E-state index in [-0.39, 0.29) is 12.1 Å². The van der Waals surface area contributed by atoms with Crippen LogP contribution in [0.15, 0.2) is 18.2 Å². The summed E-state index contributed by atoms with van der Waals surface area (Å²) >= 11 is 0. The van der Waals surface area contributed by atoms with E-state index < -0.39 is 0 Å². The topological polar surface area (TPSA) is 55.0 Å². The van der Waals surface area contributed by atoms with Gasteiger partial charge in [-0.1, -0.05) is 84.0 Å². The number of aromatic amines is 1. The molecular weight excluding hydrogens is 372 g/mol. The lowest BCUT2D eigenvalue weighted by atomic mass is 10.0. The van der Waals surface area contributed by atoms with Crippen LogP contribution < -0.4 is 0 Å². The number of ether oxygens (including phenoxy) is 1. The third-order valence-corrected chi connectivity index (χ3v) is 5.63. The predicted octanol–water partition coefficient (Wildman–Crippen LogP) is 7.76. The number of benzene rings is 1. The second-order valence-electron chi connectivity index (χ2n) is 8.86. The Kier molecular flexibility index (Phi) is 11.6. The summed E-state index contributed by atoms with van der Waals surface area (Å²) in [7, 11) is 0. The van der Waals surface area contributed by atoms with E-state index in [1.165, 1.54) is 83.5 Å². The summed E-state index contributed by atoms with van der Waals surface area (Å²) in [6.07, 6.45) is 18.6. The van der Waals surface area contributed by atoms with Crippen molar-refractivity contribution in [1.82, 2.24) is 9.97 Å². The molecule has 1 aromatic heterocycles. The van der Waals surface area contributed by atoms with Gasteiger partial charge in [0.25, 0.3) is 0 Å². The van der Waals surface area contributed by atoms with Crippen molar-refractivity contribution in [1.29, 1.82) is 0 Å². The average Bonchev–Trinajstić information content (AvgIpc) is 3.13. The molecule has 0 atom stereocenters. The van der Waals surface area contributed by atoms with Gasteiger partial charge in [0.1, 0.15) is 5.82 Å². The SMILES string of the molecule is CCCCCCCCCCCCCCCc1nc2ccc(C(=O)OC(C)C)cc2[nH]1. The van der Waals surface area contributed by atoms with Crippen LogP contribution in [0.2, 0.25) is 0 Å². The average molecular weight is 415 g/mol. The van der Waals surface area contributed by atoms with Gasteiger partial charge in [0.05, 0.1) is 22.7 Å². The minimum absolute atomic E-state index is 0.110. The Morgan fingerprint density at radius 3 is 2.03 bits per heavy atom. The molecule has 4 heteroatoms. The number of fused-ring (bicyclic) bond motifs is 1. The van der Waals surface area contributed by atoms with E-state index >= 15 is 0 Å². The Hall–Kier alpha value is -1.84. The van der Waals surface area contributed by atoms with Gasteiger partial charge >= 0.3 is 5.97 Å². The number of imidazole rings is 1. The Labute approximate surface area is 183 Å². The molecule has 4 nitrogen and oxygen atoms in total. The molecule has 2 rings (SSSR count). The van der Waals surface area contributed by atoms with Crippen molar-refractivity contribution in [3.63, 3.8) is 0 Å². The van der Waals surface area contributed by atoms with Crippen LogP contribution in [-0.4, -0.2) is 22.0 Å². The zero-order chi connectivity index (χ0) is 21.6. The number of unbranched alkanes of at least 4 members (excludes halogenated alkanes) is 12. The van der Waals surface area contributed by atoms with E-state index in [4.69, 9.17) is 4.74 Å². The number of hydrogen-bond acceptors (Lipinski definition) is 3. The van der Waals surface area contributed by atoms with E-state index in [1.807, 2.05) is 26.0 Å². The minimum Gasteiger partial charge on any atom is -0.459 e. The molecule has 0 fully saturated rings. The van der Waals surface area contributed by atoms with Crippen molar-refractivity contribution < 1.29 is 9.53 Å². The van der Waals surface area contributed by atoms with Crippen LogP contribution in [0.25, 0.3) is 11.0 Å². The van der Waals surface area contributed by atoms with Crippen molar-refractivity contribution in [2.24, 2.45) is 0 Å². The molecule has 0 radical (unpaired) electrons. The van der Waals surface area contributed by atoms with Crippen LogP contribution in [-0.2, 0) is 11.2 Å². The number of carbonyl (C=O) groups excluding carboxylic acids is 1. The van der Waals surface area contributed by atoms with E-state index in [1.54, 1.807) is 6.07 Å². The second kappa shape index (κ2) is 14.2. The van der Waals surface area contributed by atoms with Crippen LogP contribution in [0.5, 0.6) is 0 Å². The zero-order valence-electron chi connectivity index (χ0n) is 19.5. The molecule has 0 aliphatic rings. The molecule has 1 N–H and O–H groups in total. The van der Waals surface area contributed by atoms with Gasteiger partial charge in [0.15, 0.2) is 0 Å². The number of H-pyrrole nitrogens is 1. The molecule has 30 heavy (non-hydrogen) atoms. The molecule has 0 bridgehead atoms. The van der Waals surface area contributed by atoms with Crippen LogP contribution in [0.4, 0.5) is 0 Å². The molecule has 0 saturated carbocycles. The summed E-state index contributed by atoms with van der Waals surface area (Å²) in [5.41, 5.74) is 2.41. The van der Waals surface area contributed by atoms with Gasteiger partial charge in [-0.2, -0.15) is 0 Å². The van der Waals surface area contributed by atoms with Gasteiger partial charge in [-0.25, -0.2) is 9.78 Å². The second-order valence-corrected chi connectivity index (χ2v) is 8.86. The Morgan fingerprint density at radius 1 is 0.900 bits per heavy atom. The smallest absolute Gasteiger partial charge is 0.338 e. The van der Waals surface area contributed by atoms with Gasteiger partial charge in [0, 0.05) is 6.42 Å². The molecule has 1 heterocycles. The highest BCUT2D eigenvalue weighted by Gasteiger charge is 2.11. The maximum Gasteiger partial charge on any atom is 0.338 e. The van der Waals surface area contributed by atoms with Crippen LogP contribution in [0, 0.1) is 0 Å². The third kappa shape index (κ3) is 9.32. The third-order valence-electron chi connectivity index (χ3n) is 5.63. The Balaban J connectivity index is 1.56. The first kappa shape index (κ1) is 24.4. The molecule has 0 amide bonds. The van der Waals surface area contributed by atoms with Crippen molar-refractivity contribution in [3.8, 4) is 0 Å². The maximum absolute atomic E-state index is 12.1. The first-order valence-electron chi connectivity index (χ1n) is 12.3. The van der Waals surface area contributed by atoms with Crippen molar-refractivity contribution in [3.05, 3.63) is 29.6 Å². The van der Waals surface area contributed by atoms with Crippen molar-refractivity contribution >= 4 is 17.0 Å². The number of nitrogens with zero attached hydrogens (tertiary/aromatic N) is 1. The van der Waals surface area contributed by atoms with Crippen LogP contribution in [0.1, 0.15) is 120 Å². The molecule has 0 unspecified atom stereocenters. The molecule has 0 spiro atoms. The zero-order valence-corrected chi connectivity index (χ0v) is 19.5. The highest BCUT2D eigenvalue weighted by molar-refractivity contribution is 5.93. The molecule has 1 aromatic carbocycles. The lowest BCUT2D eigenvalue weighted by Crippen LogP contribution is -2.11. The van der Waals surface area contributed by atoms with E-state index in [9.17, 15) is 4.79 Å². The summed E-state index contributed by atoms with van der Waals surface area (Å²) in [4.78, 5) is 20.1. The normalized spacial score (nSPS) is 11.5. The van der Waals surface area contributed by atoms with Gasteiger partial charge < -0.3 is 9.72 Å². The van der Waals surface area contributed by atoms with Crippen LogP contribution >= 0.6 is 0 Å². The van der Waals surface area contributed by atoms with Gasteiger partial charge in [-0.05, 0) is 38.5 Å². The molecule has 0 aliphatic heterocycles. The largest absolute Gasteiger partial charge is 0.459 e. The van der Waals surface area contributed by atoms with Gasteiger partial charge in [-0.3, -0.25) is 0 Å². The standard InChI is InChI=1S/C26H42N2O2/c1-4-5-6-7-8-9-10-11-12-13-14-15-16-17-25-27-23-19-18-22(20-24(23)28-25)26(29)30-21(2)3/h18-21H,4-17H2,1-3H3,(H,27,28). The fourth-order valence-corrected chi connectivity index (χ4v) is 3.90.